The van der Waals surface area contributed by atoms with Crippen molar-refractivity contribution in [2.75, 3.05) is 6.54 Å². The van der Waals surface area contributed by atoms with Crippen LogP contribution in [0.4, 0.5) is 0 Å². The second kappa shape index (κ2) is 4.42. The Bertz CT molecular complexity index is 573. The lowest BCUT2D eigenvalue weighted by Crippen LogP contribution is -2.38. The first-order chi connectivity index (χ1) is 8.74. The van der Waals surface area contributed by atoms with Crippen molar-refractivity contribution >= 4 is 16.8 Å². The van der Waals surface area contributed by atoms with E-state index in [2.05, 4.69) is 15.5 Å². The Labute approximate surface area is 105 Å². The first-order valence-corrected chi connectivity index (χ1v) is 6.21. The van der Waals surface area contributed by atoms with Gasteiger partial charge in [0.05, 0.1) is 11.7 Å². The van der Waals surface area contributed by atoms with Gasteiger partial charge < -0.3 is 11.1 Å². The van der Waals surface area contributed by atoms with Crippen molar-refractivity contribution in [2.24, 2.45) is 11.7 Å². The van der Waals surface area contributed by atoms with Crippen LogP contribution in [0.3, 0.4) is 0 Å². The summed E-state index contributed by atoms with van der Waals surface area (Å²) < 4.78 is 0. The minimum Gasteiger partial charge on any atom is -0.350 e. The average molecular weight is 244 g/mol. The molecule has 1 atom stereocenters. The Balaban J connectivity index is 1.66. The lowest BCUT2D eigenvalue weighted by atomic mass is 10.1. The summed E-state index contributed by atoms with van der Waals surface area (Å²) in [6, 6.07) is 5.58. The first-order valence-electron chi connectivity index (χ1n) is 6.21. The van der Waals surface area contributed by atoms with E-state index in [1.54, 1.807) is 18.3 Å². The number of amides is 1. The van der Waals surface area contributed by atoms with Crippen LogP contribution in [-0.4, -0.2) is 28.7 Å². The standard InChI is InChI=1S/C13H16N4O/c14-11(8-1-2-8)7-15-13(18)9-3-4-10-6-16-17-12(10)5-9/h3-6,8,11H,1-2,7,14H2,(H,15,18)(H,16,17). The zero-order valence-corrected chi connectivity index (χ0v) is 10.0. The van der Waals surface area contributed by atoms with E-state index in [9.17, 15) is 4.79 Å². The Hall–Kier alpha value is -1.88. The maximum atomic E-state index is 12.0. The van der Waals surface area contributed by atoms with Gasteiger partial charge in [-0.2, -0.15) is 5.10 Å². The topological polar surface area (TPSA) is 83.8 Å². The van der Waals surface area contributed by atoms with E-state index >= 15 is 0 Å². The highest BCUT2D eigenvalue weighted by Crippen LogP contribution is 2.31. The van der Waals surface area contributed by atoms with E-state index in [4.69, 9.17) is 5.73 Å². The number of benzene rings is 1. The van der Waals surface area contributed by atoms with E-state index in [0.717, 1.165) is 10.9 Å². The maximum Gasteiger partial charge on any atom is 0.251 e. The molecule has 0 spiro atoms. The molecular formula is C13H16N4O. The van der Waals surface area contributed by atoms with Gasteiger partial charge in [0.2, 0.25) is 0 Å². The number of aromatic amines is 1. The number of nitrogens with one attached hydrogen (secondary N) is 2. The number of carbonyl (C=O) groups is 1. The Kier molecular flexibility index (Phi) is 2.76. The highest BCUT2D eigenvalue weighted by atomic mass is 16.1. The average Bonchev–Trinajstić information content (AvgIpc) is 3.13. The van der Waals surface area contributed by atoms with Crippen LogP contribution in [-0.2, 0) is 0 Å². The minimum atomic E-state index is -0.0809. The third-order valence-corrected chi connectivity index (χ3v) is 3.43. The van der Waals surface area contributed by atoms with E-state index in [1.165, 1.54) is 12.8 Å². The molecule has 0 bridgehead atoms. The fourth-order valence-corrected chi connectivity index (χ4v) is 2.08. The molecule has 2 aromatic rings. The number of hydrogen-bond donors (Lipinski definition) is 3. The van der Waals surface area contributed by atoms with Crippen LogP contribution in [0.2, 0.25) is 0 Å². The van der Waals surface area contributed by atoms with E-state index in [-0.39, 0.29) is 11.9 Å². The van der Waals surface area contributed by atoms with Gasteiger partial charge in [0.15, 0.2) is 0 Å². The number of nitrogens with zero attached hydrogens (tertiary/aromatic N) is 1. The van der Waals surface area contributed by atoms with Crippen LogP contribution in [0, 0.1) is 5.92 Å². The summed E-state index contributed by atoms with van der Waals surface area (Å²) in [7, 11) is 0. The van der Waals surface area contributed by atoms with Crippen molar-refractivity contribution in [1.29, 1.82) is 0 Å². The molecule has 3 rings (SSSR count). The quantitative estimate of drug-likeness (QED) is 0.751. The smallest absolute Gasteiger partial charge is 0.251 e. The summed E-state index contributed by atoms with van der Waals surface area (Å²) in [5, 5.41) is 10.7. The Morgan fingerprint density at radius 2 is 2.39 bits per heavy atom. The molecule has 1 aromatic heterocycles. The van der Waals surface area contributed by atoms with Crippen LogP contribution in [0.25, 0.3) is 10.9 Å². The molecule has 1 fully saturated rings. The number of hydrogen-bond acceptors (Lipinski definition) is 3. The van der Waals surface area contributed by atoms with Crippen molar-refractivity contribution < 1.29 is 4.79 Å². The maximum absolute atomic E-state index is 12.0. The number of aromatic nitrogens is 2. The molecule has 1 heterocycles. The number of carbonyl (C=O) groups excluding carboxylic acids is 1. The summed E-state index contributed by atoms with van der Waals surface area (Å²) in [6.45, 7) is 0.546. The van der Waals surface area contributed by atoms with Gasteiger partial charge in [-0.15, -0.1) is 0 Å². The molecule has 1 saturated carbocycles. The minimum absolute atomic E-state index is 0.0809. The van der Waals surface area contributed by atoms with Gasteiger partial charge in [0.1, 0.15) is 0 Å². The summed E-state index contributed by atoms with van der Waals surface area (Å²) in [5.74, 6) is 0.517. The molecular weight excluding hydrogens is 228 g/mol. The summed E-state index contributed by atoms with van der Waals surface area (Å²) in [5.41, 5.74) is 7.45. The molecule has 5 heteroatoms. The zero-order valence-electron chi connectivity index (χ0n) is 10.0. The second-order valence-corrected chi connectivity index (χ2v) is 4.88. The molecule has 5 nitrogen and oxygen atoms in total. The second-order valence-electron chi connectivity index (χ2n) is 4.88. The molecule has 1 aliphatic rings. The monoisotopic (exact) mass is 244 g/mol. The first kappa shape index (κ1) is 11.2. The Morgan fingerprint density at radius 1 is 1.56 bits per heavy atom. The summed E-state index contributed by atoms with van der Waals surface area (Å²) >= 11 is 0. The molecule has 0 saturated heterocycles. The van der Waals surface area contributed by atoms with Gasteiger partial charge in [-0.05, 0) is 30.9 Å². The van der Waals surface area contributed by atoms with Gasteiger partial charge >= 0.3 is 0 Å². The van der Waals surface area contributed by atoms with Crippen molar-refractivity contribution in [1.82, 2.24) is 15.5 Å². The SMILES string of the molecule is NC(CNC(=O)c1ccc2cn[nH]c2c1)C1CC1. The highest BCUT2D eigenvalue weighted by molar-refractivity contribution is 5.97. The molecule has 1 amide bonds. The zero-order chi connectivity index (χ0) is 12.5. The largest absolute Gasteiger partial charge is 0.350 e. The highest BCUT2D eigenvalue weighted by Gasteiger charge is 2.28. The van der Waals surface area contributed by atoms with Crippen molar-refractivity contribution in [3.63, 3.8) is 0 Å². The molecule has 1 aromatic carbocycles. The van der Waals surface area contributed by atoms with Gasteiger partial charge in [0, 0.05) is 23.5 Å². The number of H-pyrrole nitrogens is 1. The van der Waals surface area contributed by atoms with Crippen LogP contribution in [0.1, 0.15) is 23.2 Å². The van der Waals surface area contributed by atoms with E-state index in [1.807, 2.05) is 6.07 Å². The number of nitrogens with two attached hydrogens (primary N) is 1. The predicted octanol–water partition coefficient (Wildman–Crippen LogP) is 1.03. The fraction of sp³-hybridized carbons (Fsp3) is 0.385. The lowest BCUT2D eigenvalue weighted by Gasteiger charge is -2.11. The van der Waals surface area contributed by atoms with Crippen molar-refractivity contribution in [2.45, 2.75) is 18.9 Å². The molecule has 1 aliphatic carbocycles. The third-order valence-electron chi connectivity index (χ3n) is 3.43. The molecule has 94 valence electrons. The van der Waals surface area contributed by atoms with Crippen LogP contribution in [0.15, 0.2) is 24.4 Å². The van der Waals surface area contributed by atoms with Crippen molar-refractivity contribution in [3.05, 3.63) is 30.0 Å². The number of rotatable bonds is 4. The van der Waals surface area contributed by atoms with Gasteiger partial charge in [-0.3, -0.25) is 9.89 Å². The summed E-state index contributed by atoms with van der Waals surface area (Å²) in [4.78, 5) is 12.0. The van der Waals surface area contributed by atoms with Gasteiger partial charge in [0.25, 0.3) is 5.91 Å². The number of fused-ring (bicyclic) bond motifs is 1. The molecule has 0 aliphatic heterocycles. The van der Waals surface area contributed by atoms with Crippen molar-refractivity contribution in [3.8, 4) is 0 Å². The Morgan fingerprint density at radius 3 is 3.17 bits per heavy atom. The molecule has 18 heavy (non-hydrogen) atoms. The van der Waals surface area contributed by atoms with Gasteiger partial charge in [-0.25, -0.2) is 0 Å². The lowest BCUT2D eigenvalue weighted by molar-refractivity contribution is 0.0950. The van der Waals surface area contributed by atoms with E-state index in [0.29, 0.717) is 18.0 Å². The molecule has 4 N–H and O–H groups in total. The van der Waals surface area contributed by atoms with Crippen LogP contribution >= 0.6 is 0 Å². The van der Waals surface area contributed by atoms with Crippen LogP contribution < -0.4 is 11.1 Å². The van der Waals surface area contributed by atoms with Gasteiger partial charge in [-0.1, -0.05) is 6.07 Å². The molecule has 1 unspecified atom stereocenters. The summed E-state index contributed by atoms with van der Waals surface area (Å²) in [6.07, 6.45) is 4.12. The predicted molar refractivity (Wildman–Crippen MR) is 69.1 cm³/mol. The normalized spacial score (nSPS) is 16.7. The third kappa shape index (κ3) is 2.22. The van der Waals surface area contributed by atoms with Crippen LogP contribution in [0.5, 0.6) is 0 Å². The van der Waals surface area contributed by atoms with E-state index < -0.39 is 0 Å². The fourth-order valence-electron chi connectivity index (χ4n) is 2.08. The molecule has 0 radical (unpaired) electrons.